The number of para-hydroxylation sites is 1. The number of carboxylic acid groups (broad SMARTS) is 1. The number of nitrogens with one attached hydrogen (secondary N) is 1. The number of piperidine rings is 1. The molecule has 1 saturated carbocycles. The second-order valence-electron chi connectivity index (χ2n) is 11.8. The van der Waals surface area contributed by atoms with Crippen LogP contribution in [0.5, 0.6) is 0 Å². The van der Waals surface area contributed by atoms with Crippen LogP contribution in [0.1, 0.15) is 60.4 Å². The van der Waals surface area contributed by atoms with Gasteiger partial charge >= 0.3 is 18.3 Å². The van der Waals surface area contributed by atoms with Crippen molar-refractivity contribution in [3.63, 3.8) is 0 Å². The summed E-state index contributed by atoms with van der Waals surface area (Å²) in [7, 11) is 0. The van der Waals surface area contributed by atoms with Gasteiger partial charge in [0.25, 0.3) is 0 Å². The molecule has 3 heterocycles. The molecule has 0 radical (unpaired) electrons. The number of amides is 3. The van der Waals surface area contributed by atoms with Crippen molar-refractivity contribution in [3.05, 3.63) is 76.7 Å². The predicted octanol–water partition coefficient (Wildman–Crippen LogP) is 6.32. The molecule has 6 rings (SSSR count). The maximum Gasteiger partial charge on any atom is 0.416 e. The molecule has 1 aromatic heterocycles. The first-order valence-electron chi connectivity index (χ1n) is 14.8. The SMILES string of the molecule is Cc1cccc(F)c1N1CCC(N2Cc3cn(C4CCCC4NC(=O)O)nc3N(Cc3ccccc3C(F)(F)F)C2=O)CC1. The van der Waals surface area contributed by atoms with Gasteiger partial charge in [-0.05, 0) is 62.3 Å². The summed E-state index contributed by atoms with van der Waals surface area (Å²) in [6.07, 6.45) is -0.734. The van der Waals surface area contributed by atoms with Crippen molar-refractivity contribution >= 4 is 23.6 Å². The minimum Gasteiger partial charge on any atom is -0.465 e. The molecule has 1 aliphatic carbocycles. The molecule has 1 saturated heterocycles. The third-order valence-corrected chi connectivity index (χ3v) is 9.05. The summed E-state index contributed by atoms with van der Waals surface area (Å²) in [5, 5.41) is 16.6. The number of hydrogen-bond acceptors (Lipinski definition) is 4. The van der Waals surface area contributed by atoms with Gasteiger partial charge in [-0.2, -0.15) is 18.3 Å². The number of fused-ring (bicyclic) bond motifs is 1. The molecule has 44 heavy (non-hydrogen) atoms. The second kappa shape index (κ2) is 11.7. The van der Waals surface area contributed by atoms with Crippen molar-refractivity contribution in [1.29, 1.82) is 0 Å². The fourth-order valence-corrected chi connectivity index (χ4v) is 6.97. The van der Waals surface area contributed by atoms with E-state index in [0.29, 0.717) is 50.0 Å². The van der Waals surface area contributed by atoms with Crippen LogP contribution in [0.25, 0.3) is 0 Å². The lowest BCUT2D eigenvalue weighted by Gasteiger charge is -2.43. The summed E-state index contributed by atoms with van der Waals surface area (Å²) in [5.74, 6) is -0.0183. The van der Waals surface area contributed by atoms with Gasteiger partial charge in [-0.1, -0.05) is 30.3 Å². The number of urea groups is 1. The molecule has 2 aromatic carbocycles. The maximum absolute atomic E-state index is 14.7. The van der Waals surface area contributed by atoms with Crippen molar-refractivity contribution in [3.8, 4) is 0 Å². The number of hydrogen-bond donors (Lipinski definition) is 2. The molecule has 2 N–H and O–H groups in total. The highest BCUT2D eigenvalue weighted by atomic mass is 19.4. The van der Waals surface area contributed by atoms with Crippen LogP contribution in [0.15, 0.2) is 48.7 Å². The predicted molar refractivity (Wildman–Crippen MR) is 155 cm³/mol. The molecule has 234 valence electrons. The van der Waals surface area contributed by atoms with E-state index in [-0.39, 0.29) is 48.4 Å². The zero-order valence-electron chi connectivity index (χ0n) is 24.2. The number of carbonyl (C=O) groups excluding carboxylic acids is 1. The van der Waals surface area contributed by atoms with E-state index in [9.17, 15) is 32.3 Å². The van der Waals surface area contributed by atoms with E-state index in [4.69, 9.17) is 5.10 Å². The van der Waals surface area contributed by atoms with Crippen LogP contribution in [0.3, 0.4) is 0 Å². The Balaban J connectivity index is 1.31. The Morgan fingerprint density at radius 2 is 1.82 bits per heavy atom. The Labute approximate surface area is 252 Å². The van der Waals surface area contributed by atoms with Gasteiger partial charge in [0.1, 0.15) is 5.82 Å². The molecule has 2 atom stereocenters. The molecule has 3 aromatic rings. The standard InChI is InChI=1S/C31H34F4N6O3/c1-19-6-4-9-24(32)27(19)38-14-12-22(13-15-38)39-17-21-18-41(26-11-5-10-25(26)36-29(42)43)37-28(21)40(30(39)44)16-20-7-2-3-8-23(20)31(33,34)35/h2-4,6-9,18,22,25-26,36H,5,10-17H2,1H3,(H,42,43). The lowest BCUT2D eigenvalue weighted by Crippen LogP contribution is -2.54. The number of nitrogens with zero attached hydrogens (tertiary/aromatic N) is 5. The number of aromatic nitrogens is 2. The second-order valence-corrected chi connectivity index (χ2v) is 11.8. The number of aryl methyl sites for hydroxylation is 1. The minimum absolute atomic E-state index is 0.0492. The van der Waals surface area contributed by atoms with E-state index in [0.717, 1.165) is 18.1 Å². The molecule has 3 amide bonds. The van der Waals surface area contributed by atoms with Crippen LogP contribution in [-0.2, 0) is 19.3 Å². The van der Waals surface area contributed by atoms with Crippen LogP contribution >= 0.6 is 0 Å². The smallest absolute Gasteiger partial charge is 0.416 e. The first kappa shape index (κ1) is 29.8. The van der Waals surface area contributed by atoms with E-state index < -0.39 is 23.9 Å². The van der Waals surface area contributed by atoms with Crippen molar-refractivity contribution in [1.82, 2.24) is 20.0 Å². The summed E-state index contributed by atoms with van der Waals surface area (Å²) in [6, 6.07) is 8.85. The third kappa shape index (κ3) is 5.67. The number of halogens is 4. The molecule has 9 nitrogen and oxygen atoms in total. The first-order valence-corrected chi connectivity index (χ1v) is 14.8. The number of rotatable bonds is 6. The monoisotopic (exact) mass is 614 g/mol. The van der Waals surface area contributed by atoms with Crippen molar-refractivity contribution in [2.75, 3.05) is 22.9 Å². The Morgan fingerprint density at radius 3 is 2.52 bits per heavy atom. The average molecular weight is 615 g/mol. The van der Waals surface area contributed by atoms with Gasteiger partial charge in [-0.15, -0.1) is 0 Å². The summed E-state index contributed by atoms with van der Waals surface area (Å²) in [5.41, 5.74) is 1.19. The minimum atomic E-state index is -4.60. The molecule has 3 aliphatic rings. The van der Waals surface area contributed by atoms with Gasteiger partial charge in [0.05, 0.1) is 36.4 Å². The highest BCUT2D eigenvalue weighted by molar-refractivity contribution is 5.94. The van der Waals surface area contributed by atoms with Gasteiger partial charge in [-0.3, -0.25) is 9.58 Å². The van der Waals surface area contributed by atoms with Crippen LogP contribution in [-0.4, -0.2) is 57.1 Å². The fourth-order valence-electron chi connectivity index (χ4n) is 6.97. The Hall–Kier alpha value is -4.29. The Bertz CT molecular complexity index is 1530. The fraction of sp³-hybridized carbons (Fsp3) is 0.452. The zero-order chi connectivity index (χ0) is 31.2. The normalized spacial score (nSPS) is 21.1. The number of anilines is 2. The summed E-state index contributed by atoms with van der Waals surface area (Å²) >= 11 is 0. The van der Waals surface area contributed by atoms with Gasteiger partial charge in [-0.25, -0.2) is 14.0 Å². The number of carbonyl (C=O) groups is 2. The molecular weight excluding hydrogens is 580 g/mol. The molecule has 2 fully saturated rings. The highest BCUT2D eigenvalue weighted by Gasteiger charge is 2.41. The molecule has 2 unspecified atom stereocenters. The van der Waals surface area contributed by atoms with Gasteiger partial charge in [0, 0.05) is 30.9 Å². The van der Waals surface area contributed by atoms with Crippen LogP contribution in [0, 0.1) is 12.7 Å². The number of benzene rings is 2. The van der Waals surface area contributed by atoms with E-state index in [2.05, 4.69) is 5.32 Å². The number of alkyl halides is 3. The van der Waals surface area contributed by atoms with Crippen LogP contribution in [0.4, 0.5) is 38.7 Å². The van der Waals surface area contributed by atoms with Crippen molar-refractivity contribution < 1.29 is 32.3 Å². The average Bonchev–Trinajstić information content (AvgIpc) is 3.61. The topological polar surface area (TPSA) is 93.9 Å². The quantitative estimate of drug-likeness (QED) is 0.317. The lowest BCUT2D eigenvalue weighted by atomic mass is 10.00. The lowest BCUT2D eigenvalue weighted by molar-refractivity contribution is -0.138. The highest BCUT2D eigenvalue weighted by Crippen LogP contribution is 2.39. The van der Waals surface area contributed by atoms with Crippen molar-refractivity contribution in [2.45, 2.75) is 76.4 Å². The molecular formula is C31H34F4N6O3. The third-order valence-electron chi connectivity index (χ3n) is 9.05. The van der Waals surface area contributed by atoms with Crippen LogP contribution in [0.2, 0.25) is 0 Å². The van der Waals surface area contributed by atoms with Crippen LogP contribution < -0.4 is 15.1 Å². The summed E-state index contributed by atoms with van der Waals surface area (Å²) in [4.78, 5) is 30.5. The van der Waals surface area contributed by atoms with Gasteiger partial charge in [0.2, 0.25) is 0 Å². The Kier molecular flexibility index (Phi) is 7.89. The zero-order valence-corrected chi connectivity index (χ0v) is 24.2. The molecule has 13 heteroatoms. The molecule has 0 bridgehead atoms. The van der Waals surface area contributed by atoms with E-state index in [1.165, 1.54) is 29.2 Å². The Morgan fingerprint density at radius 1 is 1.07 bits per heavy atom. The first-order chi connectivity index (χ1) is 21.0. The summed E-state index contributed by atoms with van der Waals surface area (Å²) < 4.78 is 58.1. The molecule has 2 aliphatic heterocycles. The van der Waals surface area contributed by atoms with Crippen molar-refractivity contribution in [2.24, 2.45) is 0 Å². The maximum atomic E-state index is 14.7. The summed E-state index contributed by atoms with van der Waals surface area (Å²) in [6.45, 7) is 2.78. The van der Waals surface area contributed by atoms with E-state index >= 15 is 0 Å². The van der Waals surface area contributed by atoms with E-state index in [1.807, 2.05) is 17.9 Å². The van der Waals surface area contributed by atoms with Gasteiger partial charge in [0.15, 0.2) is 5.82 Å². The van der Waals surface area contributed by atoms with E-state index in [1.54, 1.807) is 21.8 Å². The van der Waals surface area contributed by atoms with Gasteiger partial charge < -0.3 is 20.2 Å². The molecule has 0 spiro atoms. The largest absolute Gasteiger partial charge is 0.465 e.